The predicted octanol–water partition coefficient (Wildman–Crippen LogP) is -1.56. The molecule has 0 saturated carbocycles. The van der Waals surface area contributed by atoms with Gasteiger partial charge in [0.15, 0.2) is 0 Å². The zero-order chi connectivity index (χ0) is 18.9. The second-order valence-corrected chi connectivity index (χ2v) is 4.83. The monoisotopic (exact) mass is 554 g/mol. The molecule has 0 spiro atoms. The average Bonchev–Trinajstić information content (AvgIpc) is 1.93. The molecule has 0 N–H and O–H groups in total. The fraction of sp³-hybridized carbons (Fsp3) is 0.667. The van der Waals surface area contributed by atoms with Gasteiger partial charge >= 0.3 is 52.4 Å². The van der Waals surface area contributed by atoms with Crippen molar-refractivity contribution >= 4 is 31.2 Å². The third-order valence-corrected chi connectivity index (χ3v) is 0. The Balaban J connectivity index is -0.0000000277. The molecule has 0 heterocycles. The van der Waals surface area contributed by atoms with Gasteiger partial charge in [-0.15, -0.1) is 0 Å². The first kappa shape index (κ1) is 44.1. The third-order valence-electron chi connectivity index (χ3n) is 0. The molecule has 0 bridgehead atoms. The second-order valence-electron chi connectivity index (χ2n) is 2.38. The van der Waals surface area contributed by atoms with Crippen LogP contribution in [0.15, 0.2) is 0 Å². The Bertz CT molecular complexity index is 386. The molecular weight excluding hydrogens is 543 g/mol. The van der Waals surface area contributed by atoms with Crippen molar-refractivity contribution in [1.29, 1.82) is 0 Å². The van der Waals surface area contributed by atoms with Gasteiger partial charge in [-0.1, -0.05) is 0 Å². The summed E-state index contributed by atoms with van der Waals surface area (Å²) in [5.41, 5.74) is 0. The molecule has 0 unspecified atom stereocenters. The van der Waals surface area contributed by atoms with Gasteiger partial charge in [0.2, 0.25) is 0 Å². The molecule has 17 heteroatoms. The van der Waals surface area contributed by atoms with Crippen LogP contribution in [0.2, 0.25) is 0 Å². The van der Waals surface area contributed by atoms with E-state index in [9.17, 15) is 0 Å². The topological polar surface area (TPSA) is 241 Å². The first-order valence-electron chi connectivity index (χ1n) is 4.31. The second kappa shape index (κ2) is 25.6. The van der Waals surface area contributed by atoms with Crippen LogP contribution >= 0.6 is 0 Å². The van der Waals surface area contributed by atoms with Gasteiger partial charge in [0.05, 0.1) is 0 Å². The van der Waals surface area contributed by atoms with Crippen LogP contribution in [-0.2, 0) is 83.6 Å². The van der Waals surface area contributed by atoms with Crippen molar-refractivity contribution in [3.8, 4) is 0 Å². The van der Waals surface area contributed by atoms with Crippen LogP contribution in [0.5, 0.6) is 0 Å². The van der Waals surface area contributed by atoms with E-state index in [1.165, 1.54) is 0 Å². The Kier molecular flexibility index (Phi) is 49.1. The summed E-state index contributed by atoms with van der Waals surface area (Å²) in [5, 5.41) is 0. The van der Waals surface area contributed by atoms with E-state index in [-0.39, 0.29) is 52.4 Å². The maximum Gasteiger partial charge on any atom is 4.00 e. The predicted molar refractivity (Wildman–Crippen MR) is 62.7 cm³/mol. The Morgan fingerprint density at radius 3 is 0.478 bits per heavy atom. The Morgan fingerprint density at radius 1 is 0.478 bits per heavy atom. The van der Waals surface area contributed by atoms with Crippen LogP contribution in [0.25, 0.3) is 0 Å². The molecule has 0 aliphatic rings. The molecule has 0 rings (SSSR count). The summed E-state index contributed by atoms with van der Waals surface area (Å²) in [6.45, 7) is 8.00. The molecule has 0 saturated heterocycles. The van der Waals surface area contributed by atoms with Gasteiger partial charge in [0, 0.05) is 31.2 Å². The number of hydrogen-bond acceptors (Lipinski definition) is 12. The Labute approximate surface area is 175 Å². The smallest absolute Gasteiger partial charge is 0.759 e. The van der Waals surface area contributed by atoms with Crippen molar-refractivity contribution in [2.75, 3.05) is 0 Å². The van der Waals surface area contributed by atoms with Crippen molar-refractivity contribution in [1.82, 2.24) is 0 Å². The van der Waals surface area contributed by atoms with E-state index in [0.717, 1.165) is 0 Å². The first-order valence-corrected chi connectivity index (χ1v) is 8.31. The SMILES string of the molecule is C[CH-]C.C[CH-]C.O=S(=O)([O-])[O-].O=S(=O)([O-])[O-].O=S(=O)([O-])[O-].[Zr+4].[Zr+4]. The largest absolute Gasteiger partial charge is 4.00 e. The van der Waals surface area contributed by atoms with Crippen LogP contribution < -0.4 is 0 Å². The number of rotatable bonds is 0. The van der Waals surface area contributed by atoms with Crippen LogP contribution in [0.1, 0.15) is 27.7 Å². The van der Waals surface area contributed by atoms with E-state index in [2.05, 4.69) is 0 Å². The van der Waals surface area contributed by atoms with Crippen molar-refractivity contribution in [2.24, 2.45) is 0 Å². The molecule has 0 aliphatic carbocycles. The molecule has 0 atom stereocenters. The van der Waals surface area contributed by atoms with Gasteiger partial charge in [0.1, 0.15) is 0 Å². The summed E-state index contributed by atoms with van der Waals surface area (Å²) in [4.78, 5) is 0. The molecule has 23 heavy (non-hydrogen) atoms. The van der Waals surface area contributed by atoms with Gasteiger partial charge in [-0.05, 0) is 0 Å². The molecule has 0 aromatic rings. The van der Waals surface area contributed by atoms with Gasteiger partial charge in [-0.25, -0.2) is 0 Å². The molecule has 136 valence electrons. The van der Waals surface area contributed by atoms with Gasteiger partial charge < -0.3 is 40.2 Å². The molecule has 0 radical (unpaired) electrons. The zero-order valence-corrected chi connectivity index (χ0v) is 19.6. The Morgan fingerprint density at radius 2 is 0.478 bits per heavy atom. The quantitative estimate of drug-likeness (QED) is 0.187. The maximum atomic E-state index is 8.52. The van der Waals surface area contributed by atoms with E-state index in [1.807, 2.05) is 40.5 Å². The summed E-state index contributed by atoms with van der Waals surface area (Å²) >= 11 is 0. The van der Waals surface area contributed by atoms with Crippen molar-refractivity contribution in [2.45, 2.75) is 27.7 Å². The minimum atomic E-state index is -5.17. The van der Waals surface area contributed by atoms with Crippen molar-refractivity contribution < 1.29 is 105 Å². The van der Waals surface area contributed by atoms with E-state index in [1.54, 1.807) is 0 Å². The molecule has 12 nitrogen and oxygen atoms in total. The minimum Gasteiger partial charge on any atom is -0.759 e. The van der Waals surface area contributed by atoms with Crippen LogP contribution in [0.3, 0.4) is 0 Å². The summed E-state index contributed by atoms with van der Waals surface area (Å²) < 4.78 is 102. The van der Waals surface area contributed by atoms with Crippen LogP contribution in [-0.4, -0.2) is 52.6 Å². The summed E-state index contributed by atoms with van der Waals surface area (Å²) in [6, 6.07) is 0. The molecule has 0 aliphatic heterocycles. The fourth-order valence-corrected chi connectivity index (χ4v) is 0. The average molecular weight is 557 g/mol. The number of hydrogen-bond donors (Lipinski definition) is 0. The van der Waals surface area contributed by atoms with E-state index in [4.69, 9.17) is 52.6 Å². The van der Waals surface area contributed by atoms with Crippen molar-refractivity contribution in [3.05, 3.63) is 12.8 Å². The van der Waals surface area contributed by atoms with Crippen LogP contribution in [0, 0.1) is 12.8 Å². The molecule has 0 aromatic carbocycles. The molecule has 0 aromatic heterocycles. The first-order chi connectivity index (χ1) is 8.83. The normalized spacial score (nSPS) is 9.13. The summed E-state index contributed by atoms with van der Waals surface area (Å²) in [6.07, 6.45) is 4.00. The standard InChI is InChI=1S/2C3H7.3H2O4S.2Zr/c2*1-3-2;3*1-5(2,3)4;;/h2*3H,1-2H3;3*(H2,1,2,3,4);;/q2*-1;;;;2*+4/p-6. The third kappa shape index (κ3) is 5640. The van der Waals surface area contributed by atoms with Crippen LogP contribution in [0.4, 0.5) is 0 Å². The Hall–Kier alpha value is 1.38. The van der Waals surface area contributed by atoms with Crippen molar-refractivity contribution in [3.63, 3.8) is 0 Å². The maximum absolute atomic E-state index is 8.52. The molecule has 0 amide bonds. The van der Waals surface area contributed by atoms with Gasteiger partial charge in [-0.3, -0.25) is 25.3 Å². The van der Waals surface area contributed by atoms with E-state index >= 15 is 0 Å². The fourth-order valence-electron chi connectivity index (χ4n) is 0. The molecule has 0 fully saturated rings. The zero-order valence-electron chi connectivity index (χ0n) is 12.3. The summed E-state index contributed by atoms with van der Waals surface area (Å²) in [7, 11) is -15.5. The molecular formula is C6H14O12S3Zr2. The van der Waals surface area contributed by atoms with E-state index in [0.29, 0.717) is 0 Å². The minimum absolute atomic E-state index is 0. The van der Waals surface area contributed by atoms with E-state index < -0.39 is 31.2 Å². The van der Waals surface area contributed by atoms with Gasteiger partial charge in [0.25, 0.3) is 0 Å². The summed E-state index contributed by atoms with van der Waals surface area (Å²) in [5.74, 6) is 0. The van der Waals surface area contributed by atoms with Gasteiger partial charge in [-0.2, -0.15) is 27.7 Å².